The molecule has 0 saturated heterocycles. The lowest BCUT2D eigenvalue weighted by molar-refractivity contribution is -0.128. The third-order valence-electron chi connectivity index (χ3n) is 4.68. The largest absolute Gasteiger partial charge is 0.481 e. The van der Waals surface area contributed by atoms with Gasteiger partial charge in [-0.05, 0) is 75.4 Å². The Labute approximate surface area is 151 Å². The Morgan fingerprint density at radius 2 is 1.68 bits per heavy atom. The molecule has 0 aliphatic heterocycles. The first kappa shape index (κ1) is 19.0. The van der Waals surface area contributed by atoms with Crippen molar-refractivity contribution in [2.75, 3.05) is 0 Å². The summed E-state index contributed by atoms with van der Waals surface area (Å²) in [5.74, 6) is 0.665. The standard InChI is InChI=1S/C22H29NO2/c1-7-21(25-19-11-10-15(3)17(5)13-19)22(24)23-18(6)20-12-14(2)8-9-16(20)4/h8-13,18,21H,7H2,1-6H3,(H,23,24)/t18-,21-/m0/s1. The van der Waals surface area contributed by atoms with E-state index in [0.29, 0.717) is 6.42 Å². The Morgan fingerprint density at radius 1 is 1.00 bits per heavy atom. The monoisotopic (exact) mass is 339 g/mol. The highest BCUT2D eigenvalue weighted by Crippen LogP contribution is 2.21. The fourth-order valence-corrected chi connectivity index (χ4v) is 2.88. The van der Waals surface area contributed by atoms with Gasteiger partial charge in [-0.15, -0.1) is 0 Å². The number of hydrogen-bond donors (Lipinski definition) is 1. The summed E-state index contributed by atoms with van der Waals surface area (Å²) in [5.41, 5.74) is 5.90. The van der Waals surface area contributed by atoms with E-state index in [0.717, 1.165) is 16.9 Å². The maximum Gasteiger partial charge on any atom is 0.261 e. The van der Waals surface area contributed by atoms with Crippen molar-refractivity contribution in [1.82, 2.24) is 5.32 Å². The minimum absolute atomic E-state index is 0.0511. The van der Waals surface area contributed by atoms with Crippen molar-refractivity contribution in [2.24, 2.45) is 0 Å². The van der Waals surface area contributed by atoms with Gasteiger partial charge in [0.2, 0.25) is 0 Å². The zero-order chi connectivity index (χ0) is 18.6. The van der Waals surface area contributed by atoms with Crippen LogP contribution in [0.5, 0.6) is 5.75 Å². The highest BCUT2D eigenvalue weighted by molar-refractivity contribution is 5.81. The van der Waals surface area contributed by atoms with E-state index in [-0.39, 0.29) is 11.9 Å². The molecule has 0 aliphatic rings. The fraction of sp³-hybridized carbons (Fsp3) is 0.409. The van der Waals surface area contributed by atoms with E-state index >= 15 is 0 Å². The molecule has 3 nitrogen and oxygen atoms in total. The summed E-state index contributed by atoms with van der Waals surface area (Å²) in [4.78, 5) is 12.7. The van der Waals surface area contributed by atoms with E-state index in [4.69, 9.17) is 4.74 Å². The van der Waals surface area contributed by atoms with E-state index in [9.17, 15) is 4.79 Å². The van der Waals surface area contributed by atoms with Crippen LogP contribution in [0.15, 0.2) is 36.4 Å². The molecule has 0 spiro atoms. The van der Waals surface area contributed by atoms with Crippen LogP contribution in [0.4, 0.5) is 0 Å². The van der Waals surface area contributed by atoms with Crippen LogP contribution in [-0.2, 0) is 4.79 Å². The van der Waals surface area contributed by atoms with Gasteiger partial charge in [-0.2, -0.15) is 0 Å². The highest BCUT2D eigenvalue weighted by Gasteiger charge is 2.21. The maximum atomic E-state index is 12.7. The van der Waals surface area contributed by atoms with Crippen LogP contribution in [0.3, 0.4) is 0 Å². The molecule has 0 bridgehead atoms. The van der Waals surface area contributed by atoms with Crippen molar-refractivity contribution in [1.29, 1.82) is 0 Å². The van der Waals surface area contributed by atoms with Gasteiger partial charge in [0, 0.05) is 0 Å². The van der Waals surface area contributed by atoms with E-state index in [1.807, 2.05) is 39.0 Å². The Bertz CT molecular complexity index is 752. The van der Waals surface area contributed by atoms with Crippen molar-refractivity contribution >= 4 is 5.91 Å². The lowest BCUT2D eigenvalue weighted by atomic mass is 10.00. The molecule has 1 N–H and O–H groups in total. The Morgan fingerprint density at radius 3 is 2.32 bits per heavy atom. The predicted molar refractivity (Wildman–Crippen MR) is 103 cm³/mol. The molecule has 2 aromatic carbocycles. The Hall–Kier alpha value is -2.29. The van der Waals surface area contributed by atoms with Gasteiger partial charge < -0.3 is 10.1 Å². The maximum absolute atomic E-state index is 12.7. The van der Waals surface area contributed by atoms with E-state index < -0.39 is 6.10 Å². The first-order chi connectivity index (χ1) is 11.8. The van der Waals surface area contributed by atoms with Gasteiger partial charge >= 0.3 is 0 Å². The molecule has 2 aromatic rings. The number of aryl methyl sites for hydroxylation is 4. The predicted octanol–water partition coefficient (Wildman–Crippen LogP) is 4.96. The van der Waals surface area contributed by atoms with Gasteiger partial charge in [-0.1, -0.05) is 36.8 Å². The molecule has 0 fully saturated rings. The van der Waals surface area contributed by atoms with Crippen LogP contribution >= 0.6 is 0 Å². The molecule has 1 amide bonds. The van der Waals surface area contributed by atoms with Crippen molar-refractivity contribution < 1.29 is 9.53 Å². The summed E-state index contributed by atoms with van der Waals surface area (Å²) in [7, 11) is 0. The Balaban J connectivity index is 2.08. The summed E-state index contributed by atoms with van der Waals surface area (Å²) in [6.45, 7) is 12.2. The number of rotatable bonds is 6. The van der Waals surface area contributed by atoms with Gasteiger partial charge in [0.1, 0.15) is 5.75 Å². The minimum Gasteiger partial charge on any atom is -0.481 e. The summed E-state index contributed by atoms with van der Waals surface area (Å²) in [5, 5.41) is 3.10. The number of carbonyl (C=O) groups is 1. The molecule has 0 aliphatic carbocycles. The quantitative estimate of drug-likeness (QED) is 0.808. The van der Waals surface area contributed by atoms with Gasteiger partial charge in [-0.25, -0.2) is 0 Å². The third kappa shape index (κ3) is 4.85. The second kappa shape index (κ2) is 8.19. The number of hydrogen-bond acceptors (Lipinski definition) is 2. The van der Waals surface area contributed by atoms with Crippen LogP contribution in [-0.4, -0.2) is 12.0 Å². The first-order valence-corrected chi connectivity index (χ1v) is 8.93. The Kier molecular flexibility index (Phi) is 6.24. The van der Waals surface area contributed by atoms with Crippen molar-refractivity contribution in [3.63, 3.8) is 0 Å². The number of benzene rings is 2. The van der Waals surface area contributed by atoms with E-state index in [1.165, 1.54) is 16.7 Å². The van der Waals surface area contributed by atoms with Gasteiger partial charge in [-0.3, -0.25) is 4.79 Å². The molecule has 0 saturated carbocycles. The first-order valence-electron chi connectivity index (χ1n) is 8.93. The average molecular weight is 339 g/mol. The smallest absolute Gasteiger partial charge is 0.261 e. The molecule has 3 heteroatoms. The van der Waals surface area contributed by atoms with Crippen LogP contribution in [0, 0.1) is 27.7 Å². The summed E-state index contributed by atoms with van der Waals surface area (Å²) in [6, 6.07) is 12.2. The van der Waals surface area contributed by atoms with Crippen LogP contribution in [0.1, 0.15) is 54.1 Å². The normalized spacial score (nSPS) is 13.2. The molecule has 0 heterocycles. The molecule has 0 unspecified atom stereocenters. The van der Waals surface area contributed by atoms with Gasteiger partial charge in [0.25, 0.3) is 5.91 Å². The second-order valence-corrected chi connectivity index (χ2v) is 6.85. The number of nitrogens with one attached hydrogen (secondary N) is 1. The fourth-order valence-electron chi connectivity index (χ4n) is 2.88. The topological polar surface area (TPSA) is 38.3 Å². The molecular formula is C22H29NO2. The van der Waals surface area contributed by atoms with Crippen molar-refractivity contribution in [2.45, 2.75) is 60.1 Å². The molecular weight excluding hydrogens is 310 g/mol. The third-order valence-corrected chi connectivity index (χ3v) is 4.68. The molecule has 0 radical (unpaired) electrons. The number of ether oxygens (including phenoxy) is 1. The summed E-state index contributed by atoms with van der Waals surface area (Å²) in [6.07, 6.45) is 0.132. The van der Waals surface area contributed by atoms with Crippen LogP contribution < -0.4 is 10.1 Å². The zero-order valence-corrected chi connectivity index (χ0v) is 16.1. The zero-order valence-electron chi connectivity index (χ0n) is 16.1. The van der Waals surface area contributed by atoms with Crippen LogP contribution in [0.2, 0.25) is 0 Å². The molecule has 2 rings (SSSR count). The average Bonchev–Trinajstić information content (AvgIpc) is 2.57. The van der Waals surface area contributed by atoms with E-state index in [1.54, 1.807) is 0 Å². The number of carbonyl (C=O) groups excluding carboxylic acids is 1. The summed E-state index contributed by atoms with van der Waals surface area (Å²) >= 11 is 0. The SMILES string of the molecule is CC[C@H](Oc1ccc(C)c(C)c1)C(=O)N[C@@H](C)c1cc(C)ccc1C. The lowest BCUT2D eigenvalue weighted by Crippen LogP contribution is -2.39. The molecule has 2 atom stereocenters. The number of amides is 1. The van der Waals surface area contributed by atoms with Gasteiger partial charge in [0.05, 0.1) is 6.04 Å². The highest BCUT2D eigenvalue weighted by atomic mass is 16.5. The summed E-state index contributed by atoms with van der Waals surface area (Å²) < 4.78 is 5.94. The molecule has 134 valence electrons. The van der Waals surface area contributed by atoms with Gasteiger partial charge in [0.15, 0.2) is 6.10 Å². The van der Waals surface area contributed by atoms with Crippen molar-refractivity contribution in [3.8, 4) is 5.75 Å². The molecule has 0 aromatic heterocycles. The lowest BCUT2D eigenvalue weighted by Gasteiger charge is -2.22. The van der Waals surface area contributed by atoms with Crippen molar-refractivity contribution in [3.05, 3.63) is 64.2 Å². The van der Waals surface area contributed by atoms with Crippen LogP contribution in [0.25, 0.3) is 0 Å². The molecule has 25 heavy (non-hydrogen) atoms. The van der Waals surface area contributed by atoms with E-state index in [2.05, 4.69) is 44.3 Å². The minimum atomic E-state index is -0.491. The second-order valence-electron chi connectivity index (χ2n) is 6.85.